The van der Waals surface area contributed by atoms with Crippen molar-refractivity contribution in [1.82, 2.24) is 0 Å². The first kappa shape index (κ1) is 33.2. The molecule has 0 spiro atoms. The van der Waals surface area contributed by atoms with Gasteiger partial charge in [0.15, 0.2) is 11.6 Å². The molecule has 0 aliphatic heterocycles. The Morgan fingerprint density at radius 3 is 1.34 bits per heavy atom. The predicted molar refractivity (Wildman–Crippen MR) is 169 cm³/mol. The van der Waals surface area contributed by atoms with E-state index in [1.807, 2.05) is 39.8 Å². The number of hydrogen-bond donors (Lipinski definition) is 2. The Kier molecular flexibility index (Phi) is 8.52. The highest BCUT2D eigenvalue weighted by atomic mass is 32.2. The number of fused-ring (bicyclic) bond motifs is 4. The van der Waals surface area contributed by atoms with Crippen LogP contribution in [-0.4, -0.2) is 49.0 Å². The Labute approximate surface area is 262 Å². The van der Waals surface area contributed by atoms with Gasteiger partial charge in [-0.2, -0.15) is 16.8 Å². The molecule has 8 nitrogen and oxygen atoms in total. The second-order valence-corrected chi connectivity index (χ2v) is 17.7. The highest BCUT2D eigenvalue weighted by molar-refractivity contribution is 7.86. The fraction of sp³-hybridized carbons (Fsp3) is 0.647. The molecule has 4 fully saturated rings. The first-order chi connectivity index (χ1) is 20.3. The topological polar surface area (TPSA) is 143 Å². The van der Waals surface area contributed by atoms with Crippen molar-refractivity contribution in [2.75, 3.05) is 11.5 Å². The molecule has 242 valence electrons. The van der Waals surface area contributed by atoms with E-state index >= 15 is 0 Å². The summed E-state index contributed by atoms with van der Waals surface area (Å²) < 4.78 is 66.0. The number of Topliss-reactive ketones (excluding diaryl/α,β-unsaturated/α-hetero) is 2. The van der Waals surface area contributed by atoms with Crippen LogP contribution in [0.3, 0.4) is 0 Å². The molecule has 0 saturated heterocycles. The number of unbranched alkanes of at least 4 members (excludes halogenated alkanes) is 2. The third-order valence-electron chi connectivity index (χ3n) is 12.0. The minimum atomic E-state index is -4.26. The molecule has 44 heavy (non-hydrogen) atoms. The lowest BCUT2D eigenvalue weighted by molar-refractivity contribution is -0.126. The summed E-state index contributed by atoms with van der Waals surface area (Å²) in [6, 6.07) is 8.48. The molecular weight excluding hydrogens is 601 g/mol. The summed E-state index contributed by atoms with van der Waals surface area (Å²) in [5.74, 6) is -1.17. The van der Waals surface area contributed by atoms with E-state index in [1.165, 1.54) is 11.1 Å². The number of hydrogen-bond acceptors (Lipinski definition) is 6. The monoisotopic (exact) mass is 646 g/mol. The molecule has 4 bridgehead atoms. The Balaban J connectivity index is 1.11. The molecule has 1 aromatic carbocycles. The Morgan fingerprint density at radius 2 is 1.02 bits per heavy atom. The van der Waals surface area contributed by atoms with Crippen LogP contribution < -0.4 is 0 Å². The van der Waals surface area contributed by atoms with Crippen molar-refractivity contribution < 1.29 is 35.5 Å². The van der Waals surface area contributed by atoms with E-state index in [-0.39, 0.29) is 23.4 Å². The zero-order chi connectivity index (χ0) is 32.3. The molecule has 0 radical (unpaired) electrons. The quantitative estimate of drug-likeness (QED) is 0.161. The van der Waals surface area contributed by atoms with Crippen molar-refractivity contribution in [1.29, 1.82) is 0 Å². The molecular formula is C34H46O8S2. The third kappa shape index (κ3) is 5.58. The van der Waals surface area contributed by atoms with E-state index in [1.54, 1.807) is 0 Å². The Morgan fingerprint density at radius 1 is 0.682 bits per heavy atom. The van der Waals surface area contributed by atoms with Crippen LogP contribution in [0.4, 0.5) is 0 Å². The molecule has 4 saturated carbocycles. The van der Waals surface area contributed by atoms with Gasteiger partial charge in [-0.05, 0) is 109 Å². The summed E-state index contributed by atoms with van der Waals surface area (Å²) in [7, 11) is -8.52. The van der Waals surface area contributed by atoms with Gasteiger partial charge in [0.25, 0.3) is 20.2 Å². The molecule has 0 amide bonds. The van der Waals surface area contributed by atoms with Gasteiger partial charge in [-0.25, -0.2) is 0 Å². The number of rotatable bonds is 12. The maximum atomic E-state index is 13.3. The van der Waals surface area contributed by atoms with Crippen molar-refractivity contribution in [3.8, 4) is 0 Å². The summed E-state index contributed by atoms with van der Waals surface area (Å²) in [4.78, 5) is 26.6. The second-order valence-electron chi connectivity index (χ2n) is 14.8. The Bertz CT molecular complexity index is 1490. The van der Waals surface area contributed by atoms with Crippen molar-refractivity contribution in [3.05, 3.63) is 58.7 Å². The van der Waals surface area contributed by atoms with E-state index < -0.39 is 53.4 Å². The molecule has 0 aromatic heterocycles. The van der Waals surface area contributed by atoms with E-state index in [4.69, 9.17) is 0 Å². The van der Waals surface area contributed by atoms with Crippen LogP contribution in [0.1, 0.15) is 90.2 Å². The average molecular weight is 647 g/mol. The number of ketones is 2. The van der Waals surface area contributed by atoms with Crippen LogP contribution in [0, 0.1) is 33.5 Å². The van der Waals surface area contributed by atoms with E-state index in [0.717, 1.165) is 62.5 Å². The van der Waals surface area contributed by atoms with Crippen LogP contribution in [0.25, 0.3) is 0 Å². The summed E-state index contributed by atoms with van der Waals surface area (Å²) in [6.45, 7) is 7.81. The van der Waals surface area contributed by atoms with Crippen molar-refractivity contribution >= 4 is 31.8 Å². The van der Waals surface area contributed by atoms with Crippen LogP contribution >= 0.6 is 0 Å². The van der Waals surface area contributed by atoms with Crippen LogP contribution in [0.15, 0.2) is 47.6 Å². The number of aryl methyl sites for hydroxylation is 2. The lowest BCUT2D eigenvalue weighted by Crippen LogP contribution is -2.42. The fourth-order valence-electron chi connectivity index (χ4n) is 9.32. The van der Waals surface area contributed by atoms with Crippen molar-refractivity contribution in [3.63, 3.8) is 0 Å². The maximum absolute atomic E-state index is 13.3. The van der Waals surface area contributed by atoms with Gasteiger partial charge in [0.1, 0.15) is 0 Å². The molecule has 5 rings (SSSR count). The Hall–Kier alpha value is -2.14. The molecule has 4 unspecified atom stereocenters. The molecule has 1 aromatic rings. The van der Waals surface area contributed by atoms with Gasteiger partial charge in [0.2, 0.25) is 0 Å². The molecule has 2 N–H and O–H groups in total. The van der Waals surface area contributed by atoms with Gasteiger partial charge >= 0.3 is 0 Å². The molecule has 4 atom stereocenters. The lowest BCUT2D eigenvalue weighted by Gasteiger charge is -2.34. The van der Waals surface area contributed by atoms with Crippen molar-refractivity contribution in [2.45, 2.75) is 91.9 Å². The summed E-state index contributed by atoms with van der Waals surface area (Å²) in [5.41, 5.74) is 0.831. The number of benzene rings is 1. The summed E-state index contributed by atoms with van der Waals surface area (Å²) in [6.07, 6.45) is 11.4. The van der Waals surface area contributed by atoms with Gasteiger partial charge in [-0.1, -0.05) is 64.1 Å². The van der Waals surface area contributed by atoms with Gasteiger partial charge in [0, 0.05) is 0 Å². The standard InChI is InChI=1S/C34H46O8S2/c1-31(2)27-17-19-33(31,21-43(37,38)39)29(35)25(27)11-7-5-9-23-13-15-24(16-14-23)10-6-8-12-26-28-18-20-34(30(26)36,32(28,3)4)22-44(40,41)42/h11-16,27-28H,5-10,17-22H2,1-4H3,(H,37,38,39)(H,40,41,42)/b25-11-,26-12-. The van der Waals surface area contributed by atoms with E-state index in [0.29, 0.717) is 12.8 Å². The van der Waals surface area contributed by atoms with E-state index in [9.17, 15) is 35.5 Å². The maximum Gasteiger partial charge on any atom is 0.265 e. The molecule has 0 heterocycles. The fourth-order valence-corrected chi connectivity index (χ4v) is 11.9. The highest BCUT2D eigenvalue weighted by Gasteiger charge is 2.68. The third-order valence-corrected chi connectivity index (χ3v) is 13.7. The second kappa shape index (κ2) is 11.3. The van der Waals surface area contributed by atoms with Gasteiger partial charge in [-0.15, -0.1) is 0 Å². The zero-order valence-corrected chi connectivity index (χ0v) is 27.9. The first-order valence-electron chi connectivity index (χ1n) is 15.8. The van der Waals surface area contributed by atoms with Crippen LogP contribution in [0.5, 0.6) is 0 Å². The first-order valence-corrected chi connectivity index (χ1v) is 19.0. The summed E-state index contributed by atoms with van der Waals surface area (Å²) >= 11 is 0. The average Bonchev–Trinajstić information content (AvgIpc) is 3.41. The SMILES string of the molecule is CC1(C)C2CCC1(CS(=O)(=O)O)C(=O)/C2=C\CCCc1ccc(CCC/C=C2\C(=O)C3(CS(=O)(=O)O)CCC2C3(C)C)cc1. The van der Waals surface area contributed by atoms with Crippen molar-refractivity contribution in [2.24, 2.45) is 33.5 Å². The normalized spacial score (nSPS) is 32.4. The molecule has 4 aliphatic carbocycles. The minimum absolute atomic E-state index is 0.0258. The van der Waals surface area contributed by atoms with Gasteiger partial charge in [-0.3, -0.25) is 18.7 Å². The van der Waals surface area contributed by atoms with Gasteiger partial charge < -0.3 is 0 Å². The minimum Gasteiger partial charge on any atom is -0.294 e. The smallest absolute Gasteiger partial charge is 0.265 e. The largest absolute Gasteiger partial charge is 0.294 e. The highest BCUT2D eigenvalue weighted by Crippen LogP contribution is 2.67. The van der Waals surface area contributed by atoms with E-state index in [2.05, 4.69) is 24.3 Å². The lowest BCUT2D eigenvalue weighted by atomic mass is 9.70. The van der Waals surface area contributed by atoms with Gasteiger partial charge in [0.05, 0.1) is 22.3 Å². The molecule has 4 aliphatic rings. The van der Waals surface area contributed by atoms with Crippen LogP contribution in [0.2, 0.25) is 0 Å². The summed E-state index contributed by atoms with van der Waals surface area (Å²) in [5, 5.41) is 0. The zero-order valence-electron chi connectivity index (χ0n) is 26.3. The number of allylic oxidation sites excluding steroid dienone is 4. The molecule has 10 heteroatoms. The van der Waals surface area contributed by atoms with Crippen LogP contribution in [-0.2, 0) is 42.7 Å². The number of carbonyl (C=O) groups excluding carboxylic acids is 2. The predicted octanol–water partition coefficient (Wildman–Crippen LogP) is 5.97. The number of carbonyl (C=O) groups is 2.